The van der Waals surface area contributed by atoms with Crippen molar-refractivity contribution >= 4 is 5.91 Å². The lowest BCUT2D eigenvalue weighted by atomic mass is 10.0. The van der Waals surface area contributed by atoms with Gasteiger partial charge in [-0.15, -0.1) is 0 Å². The van der Waals surface area contributed by atoms with Crippen LogP contribution in [-0.2, 0) is 4.79 Å². The summed E-state index contributed by atoms with van der Waals surface area (Å²) >= 11 is 0. The van der Waals surface area contributed by atoms with Gasteiger partial charge in [0.2, 0.25) is 0 Å². The third kappa shape index (κ3) is 2.23. The first kappa shape index (κ1) is 10.5. The lowest BCUT2D eigenvalue weighted by Crippen LogP contribution is -2.37. The summed E-state index contributed by atoms with van der Waals surface area (Å²) < 4.78 is 0. The number of likely N-dealkylation sites (tertiary alicyclic amines) is 1. The first-order valence-corrected chi connectivity index (χ1v) is 4.71. The molecule has 0 unspecified atom stereocenters. The van der Waals surface area contributed by atoms with Crippen molar-refractivity contribution in [2.24, 2.45) is 0 Å². The topological polar surface area (TPSA) is 44.1 Å². The molecular formula is C11H14N2O. The van der Waals surface area contributed by atoms with Crippen LogP contribution in [0.1, 0.15) is 19.8 Å². The molecular weight excluding hydrogens is 176 g/mol. The Balaban J connectivity index is 2.66. The van der Waals surface area contributed by atoms with Crippen molar-refractivity contribution in [3.8, 4) is 6.07 Å². The summed E-state index contributed by atoms with van der Waals surface area (Å²) in [6.45, 7) is 6.78. The standard InChI is InChI=1S/C11H14N2O/c1-3-10-5-4-6-13(8-10)11(14)9(2)7-12/h3H,2,4-6,8H2,1H3/b10-3+. The zero-order valence-electron chi connectivity index (χ0n) is 8.42. The maximum absolute atomic E-state index is 11.6. The molecule has 0 radical (unpaired) electrons. The minimum atomic E-state index is -0.230. The Hall–Kier alpha value is -1.56. The van der Waals surface area contributed by atoms with Gasteiger partial charge in [0.25, 0.3) is 5.91 Å². The molecule has 1 amide bonds. The van der Waals surface area contributed by atoms with Crippen LogP contribution in [-0.4, -0.2) is 23.9 Å². The first-order valence-electron chi connectivity index (χ1n) is 4.71. The van der Waals surface area contributed by atoms with Crippen molar-refractivity contribution in [3.63, 3.8) is 0 Å². The highest BCUT2D eigenvalue weighted by Crippen LogP contribution is 2.16. The molecule has 0 aromatic rings. The molecule has 3 nitrogen and oxygen atoms in total. The number of nitrogens with zero attached hydrogens (tertiary/aromatic N) is 2. The van der Waals surface area contributed by atoms with Gasteiger partial charge in [0.1, 0.15) is 11.6 Å². The molecule has 1 saturated heterocycles. The van der Waals surface area contributed by atoms with Crippen LogP contribution in [0.25, 0.3) is 0 Å². The lowest BCUT2D eigenvalue weighted by molar-refractivity contribution is -0.126. The number of rotatable bonds is 1. The number of carbonyl (C=O) groups excluding carboxylic acids is 1. The summed E-state index contributed by atoms with van der Waals surface area (Å²) in [4.78, 5) is 13.3. The zero-order valence-corrected chi connectivity index (χ0v) is 8.42. The molecule has 0 N–H and O–H groups in total. The SMILES string of the molecule is C=C(C#N)C(=O)N1CCC/C(=C\C)C1. The molecule has 1 aliphatic rings. The van der Waals surface area contributed by atoms with Gasteiger partial charge < -0.3 is 4.90 Å². The van der Waals surface area contributed by atoms with Crippen molar-refractivity contribution in [2.75, 3.05) is 13.1 Å². The maximum atomic E-state index is 11.6. The minimum Gasteiger partial charge on any atom is -0.334 e. The normalized spacial score (nSPS) is 19.1. The van der Waals surface area contributed by atoms with Crippen LogP contribution in [0, 0.1) is 11.3 Å². The molecule has 1 heterocycles. The van der Waals surface area contributed by atoms with Crippen LogP contribution >= 0.6 is 0 Å². The predicted octanol–water partition coefficient (Wildman–Crippen LogP) is 1.63. The molecule has 74 valence electrons. The molecule has 0 aromatic carbocycles. The number of hydrogen-bond donors (Lipinski definition) is 0. The highest BCUT2D eigenvalue weighted by Gasteiger charge is 2.20. The molecule has 1 aliphatic heterocycles. The Morgan fingerprint density at radius 3 is 3.00 bits per heavy atom. The third-order valence-electron chi connectivity index (χ3n) is 2.41. The largest absolute Gasteiger partial charge is 0.334 e. The molecule has 0 atom stereocenters. The number of nitriles is 1. The van der Waals surface area contributed by atoms with Gasteiger partial charge in [-0.2, -0.15) is 5.26 Å². The Morgan fingerprint density at radius 1 is 1.71 bits per heavy atom. The molecule has 0 aliphatic carbocycles. The molecule has 1 fully saturated rings. The smallest absolute Gasteiger partial charge is 0.264 e. The van der Waals surface area contributed by atoms with E-state index in [1.165, 1.54) is 5.57 Å². The van der Waals surface area contributed by atoms with E-state index in [0.717, 1.165) is 19.4 Å². The van der Waals surface area contributed by atoms with Gasteiger partial charge in [-0.25, -0.2) is 0 Å². The summed E-state index contributed by atoms with van der Waals surface area (Å²) in [6.07, 6.45) is 4.07. The molecule has 0 aromatic heterocycles. The molecule has 1 rings (SSSR count). The highest BCUT2D eigenvalue weighted by molar-refractivity contribution is 5.96. The second kappa shape index (κ2) is 4.61. The molecule has 3 heteroatoms. The van der Waals surface area contributed by atoms with Crippen LogP contribution < -0.4 is 0 Å². The van der Waals surface area contributed by atoms with Crippen molar-refractivity contribution in [3.05, 3.63) is 23.8 Å². The van der Waals surface area contributed by atoms with Crippen LogP contribution in [0.4, 0.5) is 0 Å². The Labute approximate surface area is 84.3 Å². The number of carbonyl (C=O) groups is 1. The van der Waals surface area contributed by atoms with Crippen LogP contribution in [0.15, 0.2) is 23.8 Å². The van der Waals surface area contributed by atoms with E-state index in [-0.39, 0.29) is 11.5 Å². The maximum Gasteiger partial charge on any atom is 0.264 e. The Morgan fingerprint density at radius 2 is 2.43 bits per heavy atom. The molecule has 0 bridgehead atoms. The minimum absolute atomic E-state index is 0.0300. The fraction of sp³-hybridized carbons (Fsp3) is 0.455. The van der Waals surface area contributed by atoms with Gasteiger partial charge in [-0.05, 0) is 19.8 Å². The third-order valence-corrected chi connectivity index (χ3v) is 2.41. The fourth-order valence-electron chi connectivity index (χ4n) is 1.55. The van der Waals surface area contributed by atoms with Crippen molar-refractivity contribution in [1.82, 2.24) is 4.90 Å². The molecule has 0 saturated carbocycles. The second-order valence-corrected chi connectivity index (χ2v) is 3.37. The predicted molar refractivity (Wildman–Crippen MR) is 54.3 cm³/mol. The summed E-state index contributed by atoms with van der Waals surface area (Å²) in [6, 6.07) is 1.79. The van der Waals surface area contributed by atoms with Gasteiger partial charge in [0, 0.05) is 13.1 Å². The lowest BCUT2D eigenvalue weighted by Gasteiger charge is -2.28. The fourth-order valence-corrected chi connectivity index (χ4v) is 1.55. The average Bonchev–Trinajstić information content (AvgIpc) is 2.27. The monoisotopic (exact) mass is 190 g/mol. The van der Waals surface area contributed by atoms with E-state index in [0.29, 0.717) is 6.54 Å². The summed E-state index contributed by atoms with van der Waals surface area (Å²) in [5.74, 6) is -0.230. The summed E-state index contributed by atoms with van der Waals surface area (Å²) in [7, 11) is 0. The van der Waals surface area contributed by atoms with Crippen LogP contribution in [0.3, 0.4) is 0 Å². The van der Waals surface area contributed by atoms with Gasteiger partial charge >= 0.3 is 0 Å². The van der Waals surface area contributed by atoms with Gasteiger partial charge in [-0.1, -0.05) is 18.2 Å². The molecule has 14 heavy (non-hydrogen) atoms. The Bertz CT molecular complexity index is 323. The number of amides is 1. The van der Waals surface area contributed by atoms with Gasteiger partial charge in [0.15, 0.2) is 0 Å². The van der Waals surface area contributed by atoms with Crippen molar-refractivity contribution in [2.45, 2.75) is 19.8 Å². The quantitative estimate of drug-likeness (QED) is 0.358. The van der Waals surface area contributed by atoms with E-state index in [2.05, 4.69) is 6.58 Å². The van der Waals surface area contributed by atoms with Gasteiger partial charge in [0.05, 0.1) is 0 Å². The van der Waals surface area contributed by atoms with Crippen LogP contribution in [0.2, 0.25) is 0 Å². The van der Waals surface area contributed by atoms with E-state index >= 15 is 0 Å². The molecule has 0 spiro atoms. The van der Waals surface area contributed by atoms with Crippen LogP contribution in [0.5, 0.6) is 0 Å². The van der Waals surface area contributed by atoms with E-state index in [1.54, 1.807) is 11.0 Å². The van der Waals surface area contributed by atoms with Gasteiger partial charge in [-0.3, -0.25) is 4.79 Å². The van der Waals surface area contributed by atoms with Crippen molar-refractivity contribution < 1.29 is 4.79 Å². The number of hydrogen-bond acceptors (Lipinski definition) is 2. The van der Waals surface area contributed by atoms with E-state index in [4.69, 9.17) is 5.26 Å². The van der Waals surface area contributed by atoms with E-state index in [9.17, 15) is 4.79 Å². The summed E-state index contributed by atoms with van der Waals surface area (Å²) in [5, 5.41) is 8.55. The first-order chi connectivity index (χ1) is 6.69. The van der Waals surface area contributed by atoms with E-state index < -0.39 is 0 Å². The van der Waals surface area contributed by atoms with E-state index in [1.807, 2.05) is 13.0 Å². The summed E-state index contributed by atoms with van der Waals surface area (Å²) in [5.41, 5.74) is 1.29. The second-order valence-electron chi connectivity index (χ2n) is 3.37. The highest BCUT2D eigenvalue weighted by atomic mass is 16.2. The number of allylic oxidation sites excluding steroid dienone is 1. The average molecular weight is 190 g/mol. The zero-order chi connectivity index (χ0) is 10.6. The number of piperidine rings is 1. The Kier molecular flexibility index (Phi) is 3.47. The van der Waals surface area contributed by atoms with Crippen molar-refractivity contribution in [1.29, 1.82) is 5.26 Å².